The molecule has 0 spiro atoms. The minimum atomic E-state index is -0.279. The number of rotatable bonds is 8. The Hall–Kier alpha value is -2.66. The van der Waals surface area contributed by atoms with Crippen LogP contribution in [0.3, 0.4) is 0 Å². The Labute approximate surface area is 171 Å². The Bertz CT molecular complexity index is 862. The van der Waals surface area contributed by atoms with E-state index in [2.05, 4.69) is 19.2 Å². The van der Waals surface area contributed by atoms with Crippen LogP contribution in [0.1, 0.15) is 25.0 Å². The third-order valence-corrected chi connectivity index (χ3v) is 4.33. The van der Waals surface area contributed by atoms with Crippen molar-refractivity contribution in [1.82, 2.24) is 0 Å². The maximum absolute atomic E-state index is 12.3. The van der Waals surface area contributed by atoms with Crippen molar-refractivity contribution >= 4 is 29.3 Å². The van der Waals surface area contributed by atoms with Crippen LogP contribution in [0.25, 0.3) is 6.08 Å². The summed E-state index contributed by atoms with van der Waals surface area (Å²) in [6.07, 6.45) is 3.16. The SMILES string of the molecule is COc1cc(Cl)c(C)cc1NC(=O)/C=C/c1ccc(OCC(C)C)c(OC)c1. The molecule has 0 heterocycles. The van der Waals surface area contributed by atoms with Crippen LogP contribution in [-0.4, -0.2) is 26.7 Å². The van der Waals surface area contributed by atoms with Crippen LogP contribution < -0.4 is 19.5 Å². The van der Waals surface area contributed by atoms with Crippen molar-refractivity contribution < 1.29 is 19.0 Å². The van der Waals surface area contributed by atoms with Crippen LogP contribution in [0.5, 0.6) is 17.2 Å². The van der Waals surface area contributed by atoms with Crippen molar-refractivity contribution in [1.29, 1.82) is 0 Å². The van der Waals surface area contributed by atoms with E-state index < -0.39 is 0 Å². The fraction of sp³-hybridized carbons (Fsp3) is 0.318. The molecule has 6 heteroatoms. The summed E-state index contributed by atoms with van der Waals surface area (Å²) >= 11 is 6.09. The first kappa shape index (κ1) is 21.6. The van der Waals surface area contributed by atoms with Gasteiger partial charge in [0.2, 0.25) is 5.91 Å². The van der Waals surface area contributed by atoms with E-state index in [-0.39, 0.29) is 5.91 Å². The van der Waals surface area contributed by atoms with Gasteiger partial charge in [-0.15, -0.1) is 0 Å². The van der Waals surface area contributed by atoms with Gasteiger partial charge < -0.3 is 19.5 Å². The number of carbonyl (C=O) groups excluding carboxylic acids is 1. The van der Waals surface area contributed by atoms with Crippen LogP contribution in [-0.2, 0) is 4.79 Å². The summed E-state index contributed by atoms with van der Waals surface area (Å²) in [7, 11) is 3.12. The van der Waals surface area contributed by atoms with Crippen molar-refractivity contribution in [3.05, 3.63) is 52.6 Å². The first-order valence-corrected chi connectivity index (χ1v) is 9.35. The number of hydrogen-bond acceptors (Lipinski definition) is 4. The molecule has 0 aliphatic rings. The molecule has 0 aromatic heterocycles. The normalized spacial score (nSPS) is 11.0. The van der Waals surface area contributed by atoms with Gasteiger partial charge in [0.1, 0.15) is 5.75 Å². The minimum Gasteiger partial charge on any atom is -0.495 e. The van der Waals surface area contributed by atoms with Gasteiger partial charge in [0.05, 0.1) is 26.5 Å². The Kier molecular flexibility index (Phi) is 7.76. The van der Waals surface area contributed by atoms with Crippen molar-refractivity contribution in [2.24, 2.45) is 5.92 Å². The number of anilines is 1. The second kappa shape index (κ2) is 10.0. The number of amides is 1. The number of carbonyl (C=O) groups is 1. The largest absolute Gasteiger partial charge is 0.495 e. The van der Waals surface area contributed by atoms with E-state index in [1.54, 1.807) is 25.3 Å². The molecule has 2 rings (SSSR count). The van der Waals surface area contributed by atoms with Crippen molar-refractivity contribution in [2.45, 2.75) is 20.8 Å². The van der Waals surface area contributed by atoms with Crippen molar-refractivity contribution in [3.8, 4) is 17.2 Å². The van der Waals surface area contributed by atoms with Gasteiger partial charge in [-0.05, 0) is 48.2 Å². The molecule has 28 heavy (non-hydrogen) atoms. The van der Waals surface area contributed by atoms with Crippen LogP contribution >= 0.6 is 11.6 Å². The standard InChI is InChI=1S/C22H26ClNO4/c1-14(2)13-28-19-8-6-16(11-21(19)27-5)7-9-22(25)24-18-10-15(3)17(23)12-20(18)26-4/h6-12,14H,13H2,1-5H3,(H,24,25)/b9-7+. The van der Waals surface area contributed by atoms with Crippen molar-refractivity contribution in [2.75, 3.05) is 26.1 Å². The van der Waals surface area contributed by atoms with Crippen LogP contribution in [0, 0.1) is 12.8 Å². The van der Waals surface area contributed by atoms with Gasteiger partial charge in [-0.1, -0.05) is 31.5 Å². The Morgan fingerprint density at radius 1 is 1.11 bits per heavy atom. The average Bonchev–Trinajstić information content (AvgIpc) is 2.67. The van der Waals surface area contributed by atoms with Gasteiger partial charge >= 0.3 is 0 Å². The maximum atomic E-state index is 12.3. The zero-order chi connectivity index (χ0) is 20.7. The Balaban J connectivity index is 2.11. The lowest BCUT2D eigenvalue weighted by atomic mass is 10.1. The van der Waals surface area contributed by atoms with Crippen LogP contribution in [0.15, 0.2) is 36.4 Å². The fourth-order valence-electron chi connectivity index (χ4n) is 2.44. The number of aryl methyl sites for hydroxylation is 1. The summed E-state index contributed by atoms with van der Waals surface area (Å²) < 4.78 is 16.4. The summed E-state index contributed by atoms with van der Waals surface area (Å²) in [6.45, 7) is 6.64. The molecule has 0 radical (unpaired) electrons. The number of halogens is 1. The molecule has 5 nitrogen and oxygen atoms in total. The third-order valence-electron chi connectivity index (χ3n) is 3.93. The van der Waals surface area contributed by atoms with Crippen LogP contribution in [0.2, 0.25) is 5.02 Å². The van der Waals surface area contributed by atoms with E-state index in [4.69, 9.17) is 25.8 Å². The predicted molar refractivity (Wildman–Crippen MR) is 114 cm³/mol. The molecular formula is C22H26ClNO4. The van der Waals surface area contributed by atoms with E-state index in [9.17, 15) is 4.79 Å². The molecule has 0 bridgehead atoms. The lowest BCUT2D eigenvalue weighted by Crippen LogP contribution is -2.09. The average molecular weight is 404 g/mol. The monoisotopic (exact) mass is 403 g/mol. The van der Waals surface area contributed by atoms with Gasteiger partial charge in [0.25, 0.3) is 0 Å². The van der Waals surface area contributed by atoms with Gasteiger partial charge in [0.15, 0.2) is 11.5 Å². The highest BCUT2D eigenvalue weighted by molar-refractivity contribution is 6.31. The fourth-order valence-corrected chi connectivity index (χ4v) is 2.59. The molecule has 2 aromatic carbocycles. The molecule has 150 valence electrons. The van der Waals surface area contributed by atoms with Gasteiger partial charge in [-0.25, -0.2) is 0 Å². The minimum absolute atomic E-state index is 0.279. The van der Waals surface area contributed by atoms with E-state index in [1.165, 1.54) is 13.2 Å². The topological polar surface area (TPSA) is 56.8 Å². The molecule has 0 saturated carbocycles. The molecule has 1 amide bonds. The molecule has 0 saturated heterocycles. The van der Waals surface area contributed by atoms with E-state index in [0.29, 0.717) is 40.5 Å². The zero-order valence-electron chi connectivity index (χ0n) is 16.8. The molecule has 0 unspecified atom stereocenters. The van der Waals surface area contributed by atoms with Crippen molar-refractivity contribution in [3.63, 3.8) is 0 Å². The lowest BCUT2D eigenvalue weighted by Gasteiger charge is -2.13. The second-order valence-corrected chi connectivity index (χ2v) is 7.15. The molecule has 0 atom stereocenters. The number of nitrogens with one attached hydrogen (secondary N) is 1. The van der Waals surface area contributed by atoms with E-state index in [0.717, 1.165) is 11.1 Å². The van der Waals surface area contributed by atoms with Gasteiger partial charge in [0, 0.05) is 17.2 Å². The zero-order valence-corrected chi connectivity index (χ0v) is 17.6. The highest BCUT2D eigenvalue weighted by atomic mass is 35.5. The Morgan fingerprint density at radius 3 is 2.46 bits per heavy atom. The molecule has 0 aliphatic heterocycles. The number of hydrogen-bond donors (Lipinski definition) is 1. The summed E-state index contributed by atoms with van der Waals surface area (Å²) in [4.78, 5) is 12.3. The first-order chi connectivity index (χ1) is 13.3. The van der Waals surface area contributed by atoms with Gasteiger partial charge in [-0.3, -0.25) is 4.79 Å². The summed E-state index contributed by atoms with van der Waals surface area (Å²) in [6, 6.07) is 8.99. The van der Waals surface area contributed by atoms with Crippen LogP contribution in [0.4, 0.5) is 5.69 Å². The molecule has 0 fully saturated rings. The quantitative estimate of drug-likeness (QED) is 0.603. The number of methoxy groups -OCH3 is 2. The molecule has 0 aliphatic carbocycles. The summed E-state index contributed by atoms with van der Waals surface area (Å²) in [5.74, 6) is 1.95. The van der Waals surface area contributed by atoms with Gasteiger partial charge in [-0.2, -0.15) is 0 Å². The molecular weight excluding hydrogens is 378 g/mol. The second-order valence-electron chi connectivity index (χ2n) is 6.74. The van der Waals surface area contributed by atoms with E-state index >= 15 is 0 Å². The predicted octanol–water partition coefficient (Wildman–Crippen LogP) is 5.35. The number of ether oxygens (including phenoxy) is 3. The highest BCUT2D eigenvalue weighted by Gasteiger charge is 2.09. The Morgan fingerprint density at radius 2 is 1.82 bits per heavy atom. The number of benzene rings is 2. The lowest BCUT2D eigenvalue weighted by molar-refractivity contribution is -0.111. The smallest absolute Gasteiger partial charge is 0.248 e. The summed E-state index contributed by atoms with van der Waals surface area (Å²) in [5.41, 5.74) is 2.24. The summed E-state index contributed by atoms with van der Waals surface area (Å²) in [5, 5.41) is 3.39. The maximum Gasteiger partial charge on any atom is 0.248 e. The third kappa shape index (κ3) is 5.92. The van der Waals surface area contributed by atoms with E-state index in [1.807, 2.05) is 25.1 Å². The highest BCUT2D eigenvalue weighted by Crippen LogP contribution is 2.31. The molecule has 2 aromatic rings. The first-order valence-electron chi connectivity index (χ1n) is 8.98. The molecule has 1 N–H and O–H groups in total.